The summed E-state index contributed by atoms with van der Waals surface area (Å²) in [6.07, 6.45) is 0.530. The number of benzene rings is 3. The molecule has 1 atom stereocenters. The van der Waals surface area contributed by atoms with Gasteiger partial charge in [0.15, 0.2) is 11.5 Å². The molecule has 1 N–H and O–H groups in total. The summed E-state index contributed by atoms with van der Waals surface area (Å²) in [5, 5.41) is 12.4. The van der Waals surface area contributed by atoms with E-state index in [1.54, 1.807) is 29.2 Å². The van der Waals surface area contributed by atoms with Crippen molar-refractivity contribution in [3.05, 3.63) is 111 Å². The van der Waals surface area contributed by atoms with Gasteiger partial charge in [-0.3, -0.25) is 9.59 Å². The highest BCUT2D eigenvalue weighted by molar-refractivity contribution is 9.10. The van der Waals surface area contributed by atoms with E-state index in [-0.39, 0.29) is 11.3 Å². The van der Waals surface area contributed by atoms with Crippen LogP contribution in [0.3, 0.4) is 0 Å². The number of hydrogen-bond donors (Lipinski definition) is 1. The van der Waals surface area contributed by atoms with Crippen molar-refractivity contribution in [2.45, 2.75) is 12.5 Å². The third kappa shape index (κ3) is 4.89. The van der Waals surface area contributed by atoms with Crippen molar-refractivity contribution in [2.75, 3.05) is 25.5 Å². The third-order valence-electron chi connectivity index (χ3n) is 6.53. The molecule has 0 fully saturated rings. The summed E-state index contributed by atoms with van der Waals surface area (Å²) < 4.78 is 6.68. The normalized spacial score (nSPS) is 15.6. The number of nitrogens with zero attached hydrogens (tertiary/aromatic N) is 2. The Balaban J connectivity index is 1.53. The van der Waals surface area contributed by atoms with Gasteiger partial charge < -0.3 is 19.3 Å². The zero-order chi connectivity index (χ0) is 26.3. The minimum Gasteiger partial charge on any atom is -0.503 e. The number of aliphatic hydroxyl groups is 1. The summed E-state index contributed by atoms with van der Waals surface area (Å²) in [6.45, 7) is 0.300. The van der Waals surface area contributed by atoms with Crippen molar-refractivity contribution in [1.82, 2.24) is 4.90 Å². The van der Waals surface area contributed by atoms with Crippen LogP contribution in [0.25, 0.3) is 11.0 Å². The number of Topliss-reactive ketones (excluding diaryl/α,β-unsaturated/α-hetero) is 1. The molecule has 1 amide bonds. The number of amides is 1. The van der Waals surface area contributed by atoms with Gasteiger partial charge >= 0.3 is 0 Å². The summed E-state index contributed by atoms with van der Waals surface area (Å²) in [4.78, 5) is 30.6. The average Bonchev–Trinajstić information content (AvgIpc) is 3.42. The molecule has 0 aliphatic carbocycles. The number of halogens is 2. The molecule has 0 saturated heterocycles. The number of anilines is 1. The summed E-state index contributed by atoms with van der Waals surface area (Å²) in [6, 6.07) is 21.3. The van der Waals surface area contributed by atoms with Crippen LogP contribution in [-0.4, -0.2) is 42.3 Å². The van der Waals surface area contributed by atoms with E-state index in [9.17, 15) is 14.7 Å². The second-order valence-corrected chi connectivity index (χ2v) is 10.5. The Morgan fingerprint density at radius 2 is 1.76 bits per heavy atom. The van der Waals surface area contributed by atoms with E-state index in [0.717, 1.165) is 26.7 Å². The van der Waals surface area contributed by atoms with Crippen LogP contribution in [0.5, 0.6) is 0 Å². The molecule has 1 aliphatic heterocycles. The van der Waals surface area contributed by atoms with Crippen LogP contribution in [0.1, 0.15) is 27.7 Å². The Hall–Kier alpha value is -3.55. The Morgan fingerprint density at radius 1 is 1.05 bits per heavy atom. The zero-order valence-corrected chi connectivity index (χ0v) is 22.6. The molecule has 188 valence electrons. The molecule has 2 heterocycles. The Kier molecular flexibility index (Phi) is 6.84. The highest BCUT2D eigenvalue weighted by atomic mass is 79.9. The van der Waals surface area contributed by atoms with E-state index in [0.29, 0.717) is 23.6 Å². The minimum atomic E-state index is -0.761. The topological polar surface area (TPSA) is 74.0 Å². The van der Waals surface area contributed by atoms with Crippen LogP contribution in [0.2, 0.25) is 5.02 Å². The highest BCUT2D eigenvalue weighted by Gasteiger charge is 2.44. The maximum absolute atomic E-state index is 13.7. The van der Waals surface area contributed by atoms with Crippen LogP contribution in [0.15, 0.2) is 93.0 Å². The van der Waals surface area contributed by atoms with E-state index in [4.69, 9.17) is 16.0 Å². The number of fused-ring (bicyclic) bond motifs is 1. The molecule has 0 spiro atoms. The molecule has 5 rings (SSSR count). The van der Waals surface area contributed by atoms with E-state index < -0.39 is 23.5 Å². The van der Waals surface area contributed by atoms with E-state index >= 15 is 0 Å². The lowest BCUT2D eigenvalue weighted by Crippen LogP contribution is -2.33. The summed E-state index contributed by atoms with van der Waals surface area (Å²) in [5.74, 6) is -1.59. The van der Waals surface area contributed by atoms with Crippen LogP contribution in [0.4, 0.5) is 5.69 Å². The van der Waals surface area contributed by atoms with Crippen molar-refractivity contribution >= 4 is 55.9 Å². The number of carbonyl (C=O) groups excluding carboxylic acids is 2. The van der Waals surface area contributed by atoms with Crippen molar-refractivity contribution < 1.29 is 19.1 Å². The molecule has 3 aromatic carbocycles. The minimum absolute atomic E-state index is 0.0110. The van der Waals surface area contributed by atoms with Crippen LogP contribution < -0.4 is 4.90 Å². The number of carbonyl (C=O) groups is 2. The molecule has 0 bridgehead atoms. The second-order valence-electron chi connectivity index (χ2n) is 9.15. The molecule has 0 saturated carbocycles. The number of hydrogen-bond acceptors (Lipinski definition) is 5. The Morgan fingerprint density at radius 3 is 2.43 bits per heavy atom. The van der Waals surface area contributed by atoms with Crippen LogP contribution >= 0.6 is 27.5 Å². The molecule has 4 aromatic rings. The molecule has 8 heteroatoms. The maximum atomic E-state index is 13.7. The van der Waals surface area contributed by atoms with Gasteiger partial charge in [-0.15, -0.1) is 0 Å². The van der Waals surface area contributed by atoms with E-state index in [1.807, 2.05) is 67.5 Å². The molecular formula is C29H24BrClN2O4. The first-order chi connectivity index (χ1) is 17.7. The number of rotatable bonds is 7. The fourth-order valence-corrected chi connectivity index (χ4v) is 5.08. The molecule has 1 unspecified atom stereocenters. The lowest BCUT2D eigenvalue weighted by molar-refractivity contribution is -0.129. The van der Waals surface area contributed by atoms with Gasteiger partial charge in [0.1, 0.15) is 5.58 Å². The number of ketones is 1. The van der Waals surface area contributed by atoms with Gasteiger partial charge in [0.25, 0.3) is 5.91 Å². The lowest BCUT2D eigenvalue weighted by Gasteiger charge is -2.27. The smallest absolute Gasteiger partial charge is 0.290 e. The monoisotopic (exact) mass is 578 g/mol. The lowest BCUT2D eigenvalue weighted by atomic mass is 9.94. The van der Waals surface area contributed by atoms with Crippen LogP contribution in [0, 0.1) is 0 Å². The van der Waals surface area contributed by atoms with Crippen molar-refractivity contribution in [3.63, 3.8) is 0 Å². The first-order valence-electron chi connectivity index (χ1n) is 11.7. The fourth-order valence-electron chi connectivity index (χ4n) is 4.58. The van der Waals surface area contributed by atoms with Gasteiger partial charge in [-0.25, -0.2) is 0 Å². The predicted molar refractivity (Wildman–Crippen MR) is 148 cm³/mol. The van der Waals surface area contributed by atoms with E-state index in [2.05, 4.69) is 15.9 Å². The number of furan rings is 1. The van der Waals surface area contributed by atoms with Gasteiger partial charge in [0, 0.05) is 41.2 Å². The summed E-state index contributed by atoms with van der Waals surface area (Å²) in [5.41, 5.74) is 3.24. The Labute approximate surface area is 227 Å². The van der Waals surface area contributed by atoms with Gasteiger partial charge in [-0.2, -0.15) is 0 Å². The van der Waals surface area contributed by atoms with Crippen molar-refractivity contribution in [3.8, 4) is 0 Å². The quantitative estimate of drug-likeness (QED) is 0.246. The third-order valence-corrected chi connectivity index (χ3v) is 7.28. The maximum Gasteiger partial charge on any atom is 0.290 e. The molecule has 1 aliphatic rings. The standard InChI is InChI=1S/C29H24BrClN2O4/c1-32(2)22-10-5-18(6-11-22)26-25(27(34)24-16-19-15-20(30)7-12-23(19)37-24)28(35)29(36)33(26)14-13-17-3-8-21(31)9-4-17/h3-12,15-16,26,35H,13-14H2,1-2H3. The Bertz CT molecular complexity index is 1520. The van der Waals surface area contributed by atoms with Crippen LogP contribution in [-0.2, 0) is 11.2 Å². The average molecular weight is 580 g/mol. The summed E-state index contributed by atoms with van der Waals surface area (Å²) >= 11 is 9.44. The predicted octanol–water partition coefficient (Wildman–Crippen LogP) is 6.74. The van der Waals surface area contributed by atoms with Gasteiger partial charge in [0.05, 0.1) is 11.6 Å². The molecule has 37 heavy (non-hydrogen) atoms. The first kappa shape index (κ1) is 25.1. The highest BCUT2D eigenvalue weighted by Crippen LogP contribution is 2.40. The fraction of sp³-hybridized carbons (Fsp3) is 0.172. The van der Waals surface area contributed by atoms with Crippen molar-refractivity contribution in [1.29, 1.82) is 0 Å². The molecule has 0 radical (unpaired) electrons. The molecule has 1 aromatic heterocycles. The summed E-state index contributed by atoms with van der Waals surface area (Å²) in [7, 11) is 3.88. The SMILES string of the molecule is CN(C)c1ccc(C2C(C(=O)c3cc4cc(Br)ccc4o3)=C(O)C(=O)N2CCc2ccc(Cl)cc2)cc1. The second kappa shape index (κ2) is 10.1. The largest absolute Gasteiger partial charge is 0.503 e. The number of aliphatic hydroxyl groups excluding tert-OH is 1. The van der Waals surface area contributed by atoms with Gasteiger partial charge in [0.2, 0.25) is 5.78 Å². The van der Waals surface area contributed by atoms with Gasteiger partial charge in [-0.1, -0.05) is 51.8 Å². The zero-order valence-electron chi connectivity index (χ0n) is 20.2. The van der Waals surface area contributed by atoms with Gasteiger partial charge in [-0.05, 0) is 66.1 Å². The molecule has 6 nitrogen and oxygen atoms in total. The first-order valence-corrected chi connectivity index (χ1v) is 12.9. The van der Waals surface area contributed by atoms with Crippen molar-refractivity contribution in [2.24, 2.45) is 0 Å². The molecular weight excluding hydrogens is 556 g/mol. The van der Waals surface area contributed by atoms with E-state index in [1.165, 1.54) is 0 Å².